The predicted octanol–water partition coefficient (Wildman–Crippen LogP) is 1.87. The van der Waals surface area contributed by atoms with Crippen LogP contribution in [0.3, 0.4) is 0 Å². The van der Waals surface area contributed by atoms with Crippen molar-refractivity contribution in [3.63, 3.8) is 0 Å². The number of halogens is 1. The summed E-state index contributed by atoms with van der Waals surface area (Å²) in [4.78, 5) is 24.2. The summed E-state index contributed by atoms with van der Waals surface area (Å²) in [5, 5.41) is 11.6. The van der Waals surface area contributed by atoms with E-state index in [4.69, 9.17) is 5.11 Å². The van der Waals surface area contributed by atoms with Gasteiger partial charge in [0.2, 0.25) is 0 Å². The van der Waals surface area contributed by atoms with Crippen LogP contribution < -0.4 is 5.32 Å². The van der Waals surface area contributed by atoms with E-state index in [1.54, 1.807) is 18.2 Å². The highest BCUT2D eigenvalue weighted by Crippen LogP contribution is 2.16. The molecule has 2 rings (SSSR count). The van der Waals surface area contributed by atoms with Crippen LogP contribution in [-0.2, 0) is 11.2 Å². The Labute approximate surface area is 122 Å². The number of carboxylic acid groups (broad SMARTS) is 1. The molecule has 0 radical (unpaired) electrons. The molecular formula is C15H19FN2O3. The number of benzene rings is 1. The van der Waals surface area contributed by atoms with Crippen molar-refractivity contribution in [1.82, 2.24) is 10.2 Å². The van der Waals surface area contributed by atoms with Gasteiger partial charge in [0.1, 0.15) is 5.82 Å². The van der Waals surface area contributed by atoms with Crippen molar-refractivity contribution in [2.75, 3.05) is 19.6 Å². The summed E-state index contributed by atoms with van der Waals surface area (Å²) in [6, 6.07) is 6.34. The number of hydrogen-bond acceptors (Lipinski definition) is 2. The molecule has 114 valence electrons. The minimum absolute atomic E-state index is 0.229. The van der Waals surface area contributed by atoms with Crippen molar-refractivity contribution in [1.29, 1.82) is 0 Å². The lowest BCUT2D eigenvalue weighted by Crippen LogP contribution is -2.39. The van der Waals surface area contributed by atoms with E-state index in [2.05, 4.69) is 5.32 Å². The average molecular weight is 294 g/mol. The Hall–Kier alpha value is -2.11. The summed E-state index contributed by atoms with van der Waals surface area (Å²) >= 11 is 0. The molecule has 0 bridgehead atoms. The highest BCUT2D eigenvalue weighted by Gasteiger charge is 2.30. The number of nitrogens with zero attached hydrogens (tertiary/aromatic N) is 1. The first-order valence-electron chi connectivity index (χ1n) is 7.07. The molecule has 1 fully saturated rings. The van der Waals surface area contributed by atoms with Crippen molar-refractivity contribution in [2.45, 2.75) is 19.3 Å². The molecule has 0 saturated carbocycles. The molecule has 5 nitrogen and oxygen atoms in total. The van der Waals surface area contributed by atoms with Gasteiger partial charge in [0.15, 0.2) is 0 Å². The largest absolute Gasteiger partial charge is 0.481 e. The zero-order chi connectivity index (χ0) is 15.2. The van der Waals surface area contributed by atoms with Gasteiger partial charge < -0.3 is 15.3 Å². The van der Waals surface area contributed by atoms with Gasteiger partial charge in [0.05, 0.1) is 5.92 Å². The Balaban J connectivity index is 1.68. The molecule has 6 heteroatoms. The van der Waals surface area contributed by atoms with Crippen molar-refractivity contribution in [2.24, 2.45) is 5.92 Å². The molecule has 0 aliphatic carbocycles. The van der Waals surface area contributed by atoms with E-state index in [-0.39, 0.29) is 18.4 Å². The number of carbonyl (C=O) groups is 2. The third-order valence-electron chi connectivity index (χ3n) is 3.68. The maximum absolute atomic E-state index is 13.4. The lowest BCUT2D eigenvalue weighted by Gasteiger charge is -2.16. The monoisotopic (exact) mass is 294 g/mol. The third-order valence-corrected chi connectivity index (χ3v) is 3.68. The van der Waals surface area contributed by atoms with Gasteiger partial charge in [-0.3, -0.25) is 4.79 Å². The molecule has 0 aromatic heterocycles. The van der Waals surface area contributed by atoms with Crippen molar-refractivity contribution in [3.05, 3.63) is 35.6 Å². The van der Waals surface area contributed by atoms with Crippen LogP contribution in [0.1, 0.15) is 18.4 Å². The molecule has 1 aromatic rings. The molecular weight excluding hydrogens is 275 g/mol. The number of rotatable bonds is 5. The van der Waals surface area contributed by atoms with Gasteiger partial charge in [-0.1, -0.05) is 18.2 Å². The van der Waals surface area contributed by atoms with E-state index in [9.17, 15) is 14.0 Å². The second-order valence-corrected chi connectivity index (χ2v) is 5.20. The molecule has 1 saturated heterocycles. The van der Waals surface area contributed by atoms with Crippen molar-refractivity contribution < 1.29 is 19.1 Å². The Morgan fingerprint density at radius 1 is 1.38 bits per heavy atom. The van der Waals surface area contributed by atoms with Gasteiger partial charge in [-0.05, 0) is 30.9 Å². The van der Waals surface area contributed by atoms with Crippen LogP contribution in [0, 0.1) is 11.7 Å². The van der Waals surface area contributed by atoms with E-state index < -0.39 is 11.9 Å². The maximum Gasteiger partial charge on any atom is 0.317 e. The number of carboxylic acids is 1. The second-order valence-electron chi connectivity index (χ2n) is 5.20. The van der Waals surface area contributed by atoms with Crippen LogP contribution in [0.25, 0.3) is 0 Å². The zero-order valence-corrected chi connectivity index (χ0v) is 11.7. The van der Waals surface area contributed by atoms with Gasteiger partial charge in [-0.25, -0.2) is 9.18 Å². The van der Waals surface area contributed by atoms with E-state index in [0.717, 1.165) is 0 Å². The van der Waals surface area contributed by atoms with E-state index in [0.29, 0.717) is 37.9 Å². The molecule has 1 atom stereocenters. The number of aliphatic carboxylic acids is 1. The number of amides is 2. The third kappa shape index (κ3) is 4.18. The number of hydrogen-bond donors (Lipinski definition) is 2. The summed E-state index contributed by atoms with van der Waals surface area (Å²) in [7, 11) is 0. The van der Waals surface area contributed by atoms with E-state index in [1.165, 1.54) is 11.0 Å². The number of likely N-dealkylation sites (tertiary alicyclic amines) is 1. The molecule has 1 aliphatic heterocycles. The molecule has 1 heterocycles. The number of aryl methyl sites for hydroxylation is 1. The first kappa shape index (κ1) is 15.3. The van der Waals surface area contributed by atoms with Gasteiger partial charge in [0.25, 0.3) is 0 Å². The topological polar surface area (TPSA) is 69.6 Å². The van der Waals surface area contributed by atoms with Crippen LogP contribution in [0.15, 0.2) is 24.3 Å². The lowest BCUT2D eigenvalue weighted by molar-refractivity contribution is -0.141. The second kappa shape index (κ2) is 7.06. The number of carbonyl (C=O) groups excluding carboxylic acids is 1. The van der Waals surface area contributed by atoms with Gasteiger partial charge in [0, 0.05) is 19.6 Å². The van der Waals surface area contributed by atoms with Crippen LogP contribution >= 0.6 is 0 Å². The summed E-state index contributed by atoms with van der Waals surface area (Å²) in [5.74, 6) is -1.55. The fourth-order valence-corrected chi connectivity index (χ4v) is 2.43. The Bertz CT molecular complexity index is 521. The van der Waals surface area contributed by atoms with E-state index in [1.807, 2.05) is 0 Å². The summed E-state index contributed by atoms with van der Waals surface area (Å²) < 4.78 is 13.4. The zero-order valence-electron chi connectivity index (χ0n) is 11.7. The van der Waals surface area contributed by atoms with Gasteiger partial charge in [-0.2, -0.15) is 0 Å². The highest BCUT2D eigenvalue weighted by molar-refractivity contribution is 5.77. The number of urea groups is 1. The Kier molecular flexibility index (Phi) is 5.14. The van der Waals surface area contributed by atoms with Crippen LogP contribution in [0.2, 0.25) is 0 Å². The number of nitrogens with one attached hydrogen (secondary N) is 1. The fourth-order valence-electron chi connectivity index (χ4n) is 2.43. The summed E-state index contributed by atoms with van der Waals surface area (Å²) in [6.45, 7) is 1.17. The Morgan fingerprint density at radius 2 is 2.14 bits per heavy atom. The maximum atomic E-state index is 13.4. The molecule has 1 unspecified atom stereocenters. The predicted molar refractivity (Wildman–Crippen MR) is 75.4 cm³/mol. The average Bonchev–Trinajstić information content (AvgIpc) is 2.95. The van der Waals surface area contributed by atoms with Gasteiger partial charge >= 0.3 is 12.0 Å². The fraction of sp³-hybridized carbons (Fsp3) is 0.467. The van der Waals surface area contributed by atoms with Crippen molar-refractivity contribution in [3.8, 4) is 0 Å². The summed E-state index contributed by atoms with van der Waals surface area (Å²) in [5.41, 5.74) is 0.638. The van der Waals surface area contributed by atoms with Crippen LogP contribution in [-0.4, -0.2) is 41.6 Å². The van der Waals surface area contributed by atoms with Crippen LogP contribution in [0.5, 0.6) is 0 Å². The smallest absolute Gasteiger partial charge is 0.317 e. The summed E-state index contributed by atoms with van der Waals surface area (Å²) in [6.07, 6.45) is 1.70. The Morgan fingerprint density at radius 3 is 2.81 bits per heavy atom. The molecule has 21 heavy (non-hydrogen) atoms. The molecule has 2 amide bonds. The minimum atomic E-state index is -0.857. The first-order valence-corrected chi connectivity index (χ1v) is 7.07. The first-order chi connectivity index (χ1) is 10.1. The quantitative estimate of drug-likeness (QED) is 0.815. The molecule has 0 spiro atoms. The molecule has 1 aromatic carbocycles. The SMILES string of the molecule is O=C(O)C1CCN(C(=O)NCCCc2ccccc2F)C1. The van der Waals surface area contributed by atoms with Gasteiger partial charge in [-0.15, -0.1) is 0 Å². The van der Waals surface area contributed by atoms with Crippen LogP contribution in [0.4, 0.5) is 9.18 Å². The minimum Gasteiger partial charge on any atom is -0.481 e. The highest BCUT2D eigenvalue weighted by atomic mass is 19.1. The normalized spacial score (nSPS) is 17.8. The molecule has 2 N–H and O–H groups in total. The molecule has 1 aliphatic rings. The standard InChI is InChI=1S/C15H19FN2O3/c16-13-6-2-1-4-11(13)5-3-8-17-15(21)18-9-7-12(10-18)14(19)20/h1-2,4,6,12H,3,5,7-10H2,(H,17,21)(H,19,20). The lowest BCUT2D eigenvalue weighted by atomic mass is 10.1. The van der Waals surface area contributed by atoms with E-state index >= 15 is 0 Å². The van der Waals surface area contributed by atoms with Crippen molar-refractivity contribution >= 4 is 12.0 Å².